The van der Waals surface area contributed by atoms with Gasteiger partial charge >= 0.3 is 0 Å². The van der Waals surface area contributed by atoms with Crippen molar-refractivity contribution in [2.45, 2.75) is 33.6 Å². The Labute approximate surface area is 169 Å². The van der Waals surface area contributed by atoms with Gasteiger partial charge in [-0.2, -0.15) is 0 Å². The van der Waals surface area contributed by atoms with Crippen LogP contribution in [0, 0.1) is 12.1 Å². The maximum Gasteiger partial charge on any atom is 0.227 e. The van der Waals surface area contributed by atoms with Gasteiger partial charge in [0.1, 0.15) is 10.7 Å². The molecule has 6 nitrogen and oxygen atoms in total. The standard InChI is InChI=1S/C21H25N5OS/c1-6-26(27)17-9-7-8-16(12-17)24-21-22-11-10-18(25-21)19-15(5)23-20(28-19)14(4)13(2)3/h7-12,14,26H,2,6H2,1,3-5H3,(H,22,24,25). The first-order chi connectivity index (χ1) is 13.4. The summed E-state index contributed by atoms with van der Waals surface area (Å²) >= 11 is 1.64. The lowest BCUT2D eigenvalue weighted by Gasteiger charge is -2.20. The van der Waals surface area contributed by atoms with Crippen molar-refractivity contribution in [3.05, 3.63) is 64.6 Å². The quantitative estimate of drug-likeness (QED) is 0.459. The summed E-state index contributed by atoms with van der Waals surface area (Å²) in [4.78, 5) is 14.7. The smallest absolute Gasteiger partial charge is 0.227 e. The van der Waals surface area contributed by atoms with E-state index in [1.807, 2.05) is 51.1 Å². The third-order valence-electron chi connectivity index (χ3n) is 4.57. The summed E-state index contributed by atoms with van der Waals surface area (Å²) in [6.07, 6.45) is 1.73. The predicted octanol–water partition coefficient (Wildman–Crippen LogP) is 4.37. The molecule has 2 unspecified atom stereocenters. The zero-order valence-electron chi connectivity index (χ0n) is 16.6. The second kappa shape index (κ2) is 8.60. The molecule has 2 aromatic heterocycles. The zero-order chi connectivity index (χ0) is 20.3. The van der Waals surface area contributed by atoms with Gasteiger partial charge < -0.3 is 15.6 Å². The first-order valence-electron chi connectivity index (χ1n) is 9.25. The van der Waals surface area contributed by atoms with Gasteiger partial charge in [-0.05, 0) is 39.0 Å². The highest BCUT2D eigenvalue weighted by molar-refractivity contribution is 7.15. The van der Waals surface area contributed by atoms with Gasteiger partial charge in [0.15, 0.2) is 0 Å². The van der Waals surface area contributed by atoms with Crippen molar-refractivity contribution < 1.29 is 5.06 Å². The molecule has 1 aromatic carbocycles. The molecule has 2 N–H and O–H groups in total. The molecule has 28 heavy (non-hydrogen) atoms. The molecule has 146 valence electrons. The molecule has 3 aromatic rings. The number of nitrogens with zero attached hydrogens (tertiary/aromatic N) is 3. The second-order valence-electron chi connectivity index (χ2n) is 6.78. The third-order valence-corrected chi connectivity index (χ3v) is 5.94. The number of hydroxylamine groups is 1. The van der Waals surface area contributed by atoms with E-state index in [0.29, 0.717) is 18.2 Å². The Balaban J connectivity index is 1.87. The summed E-state index contributed by atoms with van der Waals surface area (Å²) in [5, 5.41) is 16.3. The summed E-state index contributed by atoms with van der Waals surface area (Å²) in [7, 11) is 0. The Bertz CT molecular complexity index is 984. The number of quaternary nitrogens is 1. The number of benzene rings is 1. The van der Waals surface area contributed by atoms with Crippen LogP contribution in [0.5, 0.6) is 0 Å². The van der Waals surface area contributed by atoms with Crippen molar-refractivity contribution in [3.63, 3.8) is 0 Å². The number of hydrogen-bond acceptors (Lipinski definition) is 6. The molecule has 0 aliphatic carbocycles. The van der Waals surface area contributed by atoms with Crippen LogP contribution >= 0.6 is 11.3 Å². The molecule has 0 aliphatic heterocycles. The van der Waals surface area contributed by atoms with Crippen molar-refractivity contribution in [1.29, 1.82) is 0 Å². The highest BCUT2D eigenvalue weighted by Gasteiger charge is 2.16. The average Bonchev–Trinajstić information content (AvgIpc) is 3.08. The molecule has 0 fully saturated rings. The van der Waals surface area contributed by atoms with E-state index in [1.54, 1.807) is 17.5 Å². The molecule has 2 heterocycles. The van der Waals surface area contributed by atoms with Gasteiger partial charge in [-0.25, -0.2) is 15.0 Å². The summed E-state index contributed by atoms with van der Waals surface area (Å²) in [5.74, 6) is 0.705. The highest BCUT2D eigenvalue weighted by Crippen LogP contribution is 2.34. The van der Waals surface area contributed by atoms with Crippen LogP contribution in [0.4, 0.5) is 17.3 Å². The fraction of sp³-hybridized carbons (Fsp3) is 0.286. The molecular weight excluding hydrogens is 370 g/mol. The number of nitrogens with one attached hydrogen (secondary N) is 2. The maximum absolute atomic E-state index is 11.9. The van der Waals surface area contributed by atoms with E-state index in [9.17, 15) is 5.21 Å². The lowest BCUT2D eigenvalue weighted by Crippen LogP contribution is -3.01. The van der Waals surface area contributed by atoms with Crippen molar-refractivity contribution in [2.75, 3.05) is 11.9 Å². The molecule has 0 amide bonds. The summed E-state index contributed by atoms with van der Waals surface area (Å²) in [6, 6.07) is 9.28. The van der Waals surface area contributed by atoms with Crippen LogP contribution in [0.3, 0.4) is 0 Å². The zero-order valence-corrected chi connectivity index (χ0v) is 17.4. The van der Waals surface area contributed by atoms with Gasteiger partial charge in [-0.1, -0.05) is 25.1 Å². The number of aromatic nitrogens is 3. The minimum absolute atomic E-state index is 0.109. The van der Waals surface area contributed by atoms with Crippen LogP contribution in [0.25, 0.3) is 10.6 Å². The van der Waals surface area contributed by atoms with E-state index in [-0.39, 0.29) is 11.0 Å². The molecule has 0 spiro atoms. The van der Waals surface area contributed by atoms with Crippen LogP contribution in [0.2, 0.25) is 0 Å². The van der Waals surface area contributed by atoms with Gasteiger partial charge in [0, 0.05) is 23.9 Å². The first kappa shape index (κ1) is 20.1. The minimum Gasteiger partial charge on any atom is -0.629 e. The van der Waals surface area contributed by atoms with Crippen molar-refractivity contribution in [1.82, 2.24) is 15.0 Å². The molecule has 3 rings (SSSR count). The largest absolute Gasteiger partial charge is 0.629 e. The lowest BCUT2D eigenvalue weighted by molar-refractivity contribution is -0.773. The molecule has 0 bridgehead atoms. The monoisotopic (exact) mass is 395 g/mol. The number of thiazole rings is 1. The van der Waals surface area contributed by atoms with Gasteiger partial charge in [0.2, 0.25) is 5.95 Å². The maximum atomic E-state index is 11.9. The van der Waals surface area contributed by atoms with Crippen molar-refractivity contribution >= 4 is 28.7 Å². The van der Waals surface area contributed by atoms with Crippen molar-refractivity contribution in [2.24, 2.45) is 0 Å². The molecule has 0 radical (unpaired) electrons. The Hall–Kier alpha value is -2.61. The second-order valence-corrected chi connectivity index (χ2v) is 7.81. The Morgan fingerprint density at radius 3 is 2.82 bits per heavy atom. The fourth-order valence-electron chi connectivity index (χ4n) is 2.70. The van der Waals surface area contributed by atoms with Gasteiger partial charge in [0.25, 0.3) is 0 Å². The van der Waals surface area contributed by atoms with Crippen LogP contribution < -0.4 is 10.4 Å². The predicted molar refractivity (Wildman–Crippen MR) is 115 cm³/mol. The van der Waals surface area contributed by atoms with Gasteiger partial charge in [-0.3, -0.25) is 0 Å². The van der Waals surface area contributed by atoms with E-state index in [1.165, 1.54) is 0 Å². The lowest BCUT2D eigenvalue weighted by atomic mass is 10.1. The van der Waals surface area contributed by atoms with Gasteiger partial charge in [-0.15, -0.1) is 11.3 Å². The molecule has 2 atom stereocenters. The Morgan fingerprint density at radius 1 is 1.32 bits per heavy atom. The van der Waals surface area contributed by atoms with E-state index in [4.69, 9.17) is 4.98 Å². The first-order valence-corrected chi connectivity index (χ1v) is 10.1. The number of aryl methyl sites for hydroxylation is 1. The Kier molecular flexibility index (Phi) is 6.18. The van der Waals surface area contributed by atoms with Crippen LogP contribution in [-0.2, 0) is 0 Å². The van der Waals surface area contributed by atoms with E-state index < -0.39 is 0 Å². The topological polar surface area (TPSA) is 78.2 Å². The van der Waals surface area contributed by atoms with Crippen LogP contribution in [0.1, 0.15) is 37.4 Å². The number of hydrogen-bond donors (Lipinski definition) is 2. The van der Waals surface area contributed by atoms with Crippen LogP contribution in [0.15, 0.2) is 48.7 Å². The van der Waals surface area contributed by atoms with Crippen molar-refractivity contribution in [3.8, 4) is 10.6 Å². The molecular formula is C21H25N5OS. The molecule has 7 heteroatoms. The van der Waals surface area contributed by atoms with E-state index in [0.717, 1.165) is 32.5 Å². The minimum atomic E-state index is 0.109. The SMILES string of the molecule is C=C(C)C(C)c1nc(C)c(-c2ccnc(Nc3cccc([NH+]([O-])CC)c3)n2)s1. The Morgan fingerprint density at radius 2 is 2.11 bits per heavy atom. The van der Waals surface area contributed by atoms with E-state index in [2.05, 4.69) is 28.8 Å². The number of allylic oxidation sites excluding steroid dienone is 1. The molecule has 0 saturated heterocycles. The van der Waals surface area contributed by atoms with Gasteiger partial charge in [0.05, 0.1) is 22.8 Å². The van der Waals surface area contributed by atoms with E-state index >= 15 is 0 Å². The summed E-state index contributed by atoms with van der Waals surface area (Å²) in [6.45, 7) is 12.5. The normalized spacial score (nSPS) is 13.2. The summed E-state index contributed by atoms with van der Waals surface area (Å²) < 4.78 is 0. The summed E-state index contributed by atoms with van der Waals surface area (Å²) in [5.41, 5.74) is 4.34. The fourth-order valence-corrected chi connectivity index (χ4v) is 3.88. The molecule has 0 aliphatic rings. The third kappa shape index (κ3) is 4.44. The number of rotatable bonds is 7. The highest BCUT2D eigenvalue weighted by atomic mass is 32.1. The molecule has 0 saturated carbocycles. The van der Waals surface area contributed by atoms with Crippen LogP contribution in [-0.4, -0.2) is 21.5 Å². The average molecular weight is 396 g/mol. The number of anilines is 2.